The molecule has 5 nitrogen and oxygen atoms in total. The zero-order valence-electron chi connectivity index (χ0n) is 18.0. The third-order valence-electron chi connectivity index (χ3n) is 5.32. The van der Waals surface area contributed by atoms with Crippen LogP contribution in [-0.4, -0.2) is 27.7 Å². The predicted molar refractivity (Wildman–Crippen MR) is 137 cm³/mol. The van der Waals surface area contributed by atoms with Crippen LogP contribution in [0.15, 0.2) is 81.7 Å². The van der Waals surface area contributed by atoms with E-state index in [0.29, 0.717) is 13.0 Å². The molecule has 0 atom stereocenters. The first-order valence-corrected chi connectivity index (χ1v) is 12.0. The van der Waals surface area contributed by atoms with Gasteiger partial charge in [-0.2, -0.15) is 0 Å². The Bertz CT molecular complexity index is 1250. The second-order valence-corrected chi connectivity index (χ2v) is 9.36. The van der Waals surface area contributed by atoms with Gasteiger partial charge in [-0.3, -0.25) is 4.79 Å². The van der Waals surface area contributed by atoms with Gasteiger partial charge in [0.05, 0.1) is 18.5 Å². The van der Waals surface area contributed by atoms with E-state index in [0.717, 1.165) is 48.6 Å². The number of nitrogens with zero attached hydrogens (tertiary/aromatic N) is 2. The average Bonchev–Trinajstić information content (AvgIpc) is 3.19. The molecule has 0 bridgehead atoms. The van der Waals surface area contributed by atoms with Gasteiger partial charge in [-0.05, 0) is 55.0 Å². The molecule has 0 aliphatic carbocycles. The van der Waals surface area contributed by atoms with Crippen molar-refractivity contribution in [3.05, 3.63) is 81.7 Å². The van der Waals surface area contributed by atoms with Crippen molar-refractivity contribution in [2.24, 2.45) is 0 Å². The monoisotopic (exact) mass is 568 g/mol. The van der Waals surface area contributed by atoms with Gasteiger partial charge in [-0.1, -0.05) is 56.1 Å². The number of carbonyl (C=O) groups is 1. The van der Waals surface area contributed by atoms with Gasteiger partial charge in [-0.15, -0.1) is 0 Å². The van der Waals surface area contributed by atoms with E-state index in [1.165, 1.54) is 0 Å². The van der Waals surface area contributed by atoms with E-state index in [9.17, 15) is 9.90 Å². The van der Waals surface area contributed by atoms with Crippen molar-refractivity contribution >= 4 is 37.8 Å². The van der Waals surface area contributed by atoms with E-state index < -0.39 is 5.97 Å². The van der Waals surface area contributed by atoms with Gasteiger partial charge in [0.2, 0.25) is 0 Å². The summed E-state index contributed by atoms with van der Waals surface area (Å²) in [5, 5.41) is 9.21. The van der Waals surface area contributed by atoms with Gasteiger partial charge < -0.3 is 14.4 Å². The Balaban J connectivity index is 1.93. The van der Waals surface area contributed by atoms with Crippen molar-refractivity contribution in [3.63, 3.8) is 0 Å². The lowest BCUT2D eigenvalue weighted by atomic mass is 10.0. The molecule has 3 aromatic carbocycles. The second kappa shape index (κ2) is 10.4. The third kappa shape index (κ3) is 5.37. The smallest absolute Gasteiger partial charge is 0.303 e. The Labute approximate surface area is 209 Å². The largest absolute Gasteiger partial charge is 0.497 e. The highest BCUT2D eigenvalue weighted by molar-refractivity contribution is 9.10. The van der Waals surface area contributed by atoms with E-state index in [4.69, 9.17) is 9.72 Å². The Morgan fingerprint density at radius 3 is 1.97 bits per heavy atom. The molecule has 0 fully saturated rings. The van der Waals surface area contributed by atoms with Crippen molar-refractivity contribution < 1.29 is 14.6 Å². The molecular weight excluding hydrogens is 548 g/mol. The van der Waals surface area contributed by atoms with Crippen LogP contribution in [0.4, 0.5) is 0 Å². The minimum Gasteiger partial charge on any atom is -0.497 e. The van der Waals surface area contributed by atoms with E-state index in [1.54, 1.807) is 7.11 Å². The fraction of sp³-hybridized carbons (Fsp3) is 0.154. The van der Waals surface area contributed by atoms with Crippen molar-refractivity contribution in [3.8, 4) is 39.7 Å². The SMILES string of the molecule is COc1ccc(-c2nc(-c3ccc(Br)cc3)c(-c3ccc(Br)cc3)n2CCCC(=O)O)cc1. The van der Waals surface area contributed by atoms with E-state index in [2.05, 4.69) is 48.6 Å². The number of ether oxygens (including phenoxy) is 1. The molecule has 4 aromatic rings. The maximum absolute atomic E-state index is 11.2. The number of hydrogen-bond donors (Lipinski definition) is 1. The Morgan fingerprint density at radius 2 is 1.42 bits per heavy atom. The number of imidazole rings is 1. The Kier molecular flexibility index (Phi) is 7.30. The van der Waals surface area contributed by atoms with Crippen LogP contribution in [-0.2, 0) is 11.3 Å². The van der Waals surface area contributed by atoms with Gasteiger partial charge in [0.1, 0.15) is 11.6 Å². The molecule has 1 N–H and O–H groups in total. The van der Waals surface area contributed by atoms with E-state index in [-0.39, 0.29) is 6.42 Å². The number of benzene rings is 3. The fourth-order valence-electron chi connectivity index (χ4n) is 3.73. The maximum atomic E-state index is 11.2. The number of methoxy groups -OCH3 is 1. The minimum atomic E-state index is -0.806. The molecule has 1 heterocycles. The highest BCUT2D eigenvalue weighted by atomic mass is 79.9. The van der Waals surface area contributed by atoms with Gasteiger partial charge >= 0.3 is 5.97 Å². The summed E-state index contributed by atoms with van der Waals surface area (Å²) in [4.78, 5) is 16.3. The van der Waals surface area contributed by atoms with Crippen LogP contribution in [0.2, 0.25) is 0 Å². The standard InChI is InChI=1S/C26H22Br2N2O3/c1-33-22-14-8-19(9-15-22)26-29-24(17-4-10-20(27)11-5-17)25(18-6-12-21(28)13-7-18)30(26)16-2-3-23(31)32/h4-15H,2-3,16H2,1H3,(H,31,32). The Hall–Kier alpha value is -2.90. The number of carboxylic acid groups (broad SMARTS) is 1. The lowest BCUT2D eigenvalue weighted by molar-refractivity contribution is -0.137. The van der Waals surface area contributed by atoms with Gasteiger partial charge in [0.25, 0.3) is 0 Å². The number of aromatic nitrogens is 2. The van der Waals surface area contributed by atoms with Crippen LogP contribution < -0.4 is 4.74 Å². The highest BCUT2D eigenvalue weighted by Crippen LogP contribution is 2.37. The first kappa shape index (κ1) is 23.3. The molecule has 4 rings (SSSR count). The van der Waals surface area contributed by atoms with Gasteiger partial charge in [0.15, 0.2) is 0 Å². The number of carboxylic acids is 1. The van der Waals surface area contributed by atoms with Crippen LogP contribution in [0, 0.1) is 0 Å². The van der Waals surface area contributed by atoms with Crippen molar-refractivity contribution in [1.29, 1.82) is 0 Å². The maximum Gasteiger partial charge on any atom is 0.303 e. The highest BCUT2D eigenvalue weighted by Gasteiger charge is 2.21. The summed E-state index contributed by atoms with van der Waals surface area (Å²) >= 11 is 7.03. The molecule has 0 saturated carbocycles. The molecule has 33 heavy (non-hydrogen) atoms. The summed E-state index contributed by atoms with van der Waals surface area (Å²) in [5.41, 5.74) is 4.75. The van der Waals surface area contributed by atoms with Crippen LogP contribution in [0.25, 0.3) is 33.9 Å². The second-order valence-electron chi connectivity index (χ2n) is 7.52. The predicted octanol–water partition coefficient (Wildman–Crippen LogP) is 7.28. The first-order chi connectivity index (χ1) is 16.0. The molecule has 0 spiro atoms. The molecule has 0 saturated heterocycles. The zero-order valence-corrected chi connectivity index (χ0v) is 21.1. The summed E-state index contributed by atoms with van der Waals surface area (Å²) in [6, 6.07) is 23.9. The number of halogens is 2. The van der Waals surface area contributed by atoms with E-state index >= 15 is 0 Å². The zero-order chi connectivity index (χ0) is 23.4. The van der Waals surface area contributed by atoms with Crippen molar-refractivity contribution in [2.45, 2.75) is 19.4 Å². The quantitative estimate of drug-likeness (QED) is 0.242. The topological polar surface area (TPSA) is 64.4 Å². The van der Waals surface area contributed by atoms with Crippen LogP contribution in [0.5, 0.6) is 5.75 Å². The van der Waals surface area contributed by atoms with Gasteiger partial charge in [-0.25, -0.2) is 4.98 Å². The number of aliphatic carboxylic acids is 1. The lowest BCUT2D eigenvalue weighted by Crippen LogP contribution is -2.06. The average molecular weight is 570 g/mol. The minimum absolute atomic E-state index is 0.0909. The lowest BCUT2D eigenvalue weighted by Gasteiger charge is -2.13. The summed E-state index contributed by atoms with van der Waals surface area (Å²) in [6.45, 7) is 0.530. The summed E-state index contributed by atoms with van der Waals surface area (Å²) in [5.74, 6) is 0.752. The van der Waals surface area contributed by atoms with Crippen LogP contribution >= 0.6 is 31.9 Å². The number of hydrogen-bond acceptors (Lipinski definition) is 3. The summed E-state index contributed by atoms with van der Waals surface area (Å²) in [6.07, 6.45) is 0.589. The summed E-state index contributed by atoms with van der Waals surface area (Å²) in [7, 11) is 1.64. The number of rotatable bonds is 8. The fourth-order valence-corrected chi connectivity index (χ4v) is 4.26. The normalized spacial score (nSPS) is 10.9. The van der Waals surface area contributed by atoms with Crippen molar-refractivity contribution in [1.82, 2.24) is 9.55 Å². The van der Waals surface area contributed by atoms with Crippen molar-refractivity contribution in [2.75, 3.05) is 7.11 Å². The Morgan fingerprint density at radius 1 is 0.879 bits per heavy atom. The summed E-state index contributed by atoms with van der Waals surface area (Å²) < 4.78 is 9.43. The molecule has 1 aromatic heterocycles. The molecule has 0 aliphatic rings. The van der Waals surface area contributed by atoms with Gasteiger partial charge in [0, 0.05) is 38.6 Å². The molecular formula is C26H22Br2N2O3. The van der Waals surface area contributed by atoms with Crippen LogP contribution in [0.3, 0.4) is 0 Å². The first-order valence-electron chi connectivity index (χ1n) is 10.4. The van der Waals surface area contributed by atoms with E-state index in [1.807, 2.05) is 60.7 Å². The molecule has 0 unspecified atom stereocenters. The molecule has 168 valence electrons. The molecule has 0 radical (unpaired) electrons. The third-order valence-corrected chi connectivity index (χ3v) is 6.38. The van der Waals surface area contributed by atoms with Crippen LogP contribution in [0.1, 0.15) is 12.8 Å². The molecule has 0 amide bonds. The molecule has 0 aliphatic heterocycles. The molecule has 7 heteroatoms.